The molecule has 0 amide bonds. The molecule has 0 saturated carbocycles. The first kappa shape index (κ1) is 28.8. The van der Waals surface area contributed by atoms with Crippen molar-refractivity contribution < 1.29 is 23.8 Å². The zero-order valence-electron chi connectivity index (χ0n) is 24.1. The van der Waals surface area contributed by atoms with Gasteiger partial charge < -0.3 is 25.7 Å². The van der Waals surface area contributed by atoms with Crippen molar-refractivity contribution in [2.45, 2.75) is 0 Å². The van der Waals surface area contributed by atoms with Crippen LogP contribution >= 0.6 is 0 Å². The summed E-state index contributed by atoms with van der Waals surface area (Å²) in [6.07, 6.45) is 0. The Bertz CT molecular complexity index is 1840. The molecule has 0 fully saturated rings. The second-order valence-electron chi connectivity index (χ2n) is 10.1. The summed E-state index contributed by atoms with van der Waals surface area (Å²) in [5.41, 5.74) is 14.9. The average Bonchev–Trinajstić information content (AvgIpc) is 3.07. The Morgan fingerprint density at radius 3 is 1.18 bits per heavy atom. The minimum absolute atomic E-state index is 0.155. The molecule has 0 saturated heterocycles. The fourth-order valence-corrected chi connectivity index (χ4v) is 4.62. The van der Waals surface area contributed by atoms with Gasteiger partial charge in [-0.05, 0) is 97.1 Å². The smallest absolute Gasteiger partial charge is 0.193 e. The Morgan fingerprint density at radius 2 is 0.778 bits per heavy atom. The number of nitrogens with two attached hydrogens (primary N) is 2. The fraction of sp³-hybridized carbons (Fsp3) is 0. The molecule has 6 aromatic carbocycles. The van der Waals surface area contributed by atoms with Crippen LogP contribution in [0.15, 0.2) is 146 Å². The highest BCUT2D eigenvalue weighted by atomic mass is 16.5. The van der Waals surface area contributed by atoms with Gasteiger partial charge in [-0.15, -0.1) is 0 Å². The lowest BCUT2D eigenvalue weighted by Gasteiger charge is -2.10. The summed E-state index contributed by atoms with van der Waals surface area (Å²) in [5.74, 6) is 2.86. The Hall–Kier alpha value is -6.34. The monoisotopic (exact) mass is 592 g/mol. The molecule has 4 N–H and O–H groups in total. The van der Waals surface area contributed by atoms with Gasteiger partial charge in [0.15, 0.2) is 11.6 Å². The maximum atomic E-state index is 13.2. The number of benzene rings is 6. The molecule has 6 rings (SSSR count). The molecule has 0 unspecified atom stereocenters. The van der Waals surface area contributed by atoms with Crippen LogP contribution in [-0.4, -0.2) is 11.6 Å². The van der Waals surface area contributed by atoms with Crippen LogP contribution in [0, 0.1) is 0 Å². The van der Waals surface area contributed by atoms with E-state index in [1.807, 2.05) is 24.3 Å². The van der Waals surface area contributed by atoms with Crippen LogP contribution in [0.1, 0.15) is 31.8 Å². The van der Waals surface area contributed by atoms with E-state index in [0.29, 0.717) is 68.1 Å². The molecule has 0 aliphatic heterocycles. The molecular formula is C38H28N2O5. The van der Waals surface area contributed by atoms with Crippen molar-refractivity contribution >= 4 is 22.9 Å². The van der Waals surface area contributed by atoms with E-state index < -0.39 is 0 Å². The predicted octanol–water partition coefficient (Wildman–Crippen LogP) is 8.69. The summed E-state index contributed by atoms with van der Waals surface area (Å²) in [6, 6.07) is 42.0. The van der Waals surface area contributed by atoms with E-state index in [-0.39, 0.29) is 11.6 Å². The topological polar surface area (TPSA) is 114 Å². The van der Waals surface area contributed by atoms with Crippen LogP contribution in [0.2, 0.25) is 0 Å². The maximum absolute atomic E-state index is 13.2. The first-order valence-electron chi connectivity index (χ1n) is 14.2. The van der Waals surface area contributed by atoms with Gasteiger partial charge in [0.2, 0.25) is 0 Å². The van der Waals surface area contributed by atoms with E-state index in [9.17, 15) is 9.59 Å². The number of anilines is 2. The highest BCUT2D eigenvalue weighted by molar-refractivity contribution is 6.09. The van der Waals surface area contributed by atoms with Crippen molar-refractivity contribution in [3.05, 3.63) is 168 Å². The summed E-state index contributed by atoms with van der Waals surface area (Å²) in [4.78, 5) is 26.3. The lowest BCUT2D eigenvalue weighted by molar-refractivity contribution is 0.103. The van der Waals surface area contributed by atoms with Gasteiger partial charge in [0, 0.05) is 22.3 Å². The van der Waals surface area contributed by atoms with Gasteiger partial charge in [0.25, 0.3) is 0 Å². The molecule has 0 aromatic heterocycles. The summed E-state index contributed by atoms with van der Waals surface area (Å²) in [5, 5.41) is 0. The third-order valence-corrected chi connectivity index (χ3v) is 6.95. The Kier molecular flexibility index (Phi) is 8.24. The average molecular weight is 593 g/mol. The van der Waals surface area contributed by atoms with E-state index in [1.165, 1.54) is 0 Å². The molecule has 0 aliphatic carbocycles. The van der Waals surface area contributed by atoms with Crippen LogP contribution < -0.4 is 25.7 Å². The number of carbonyl (C=O) groups is 2. The van der Waals surface area contributed by atoms with Crippen molar-refractivity contribution in [2.75, 3.05) is 11.5 Å². The van der Waals surface area contributed by atoms with Gasteiger partial charge in [-0.3, -0.25) is 9.59 Å². The molecular weight excluding hydrogens is 564 g/mol. The zero-order chi connectivity index (χ0) is 31.2. The molecule has 6 aromatic rings. The molecule has 220 valence electrons. The molecule has 0 bridgehead atoms. The quantitative estimate of drug-likeness (QED) is 0.121. The van der Waals surface area contributed by atoms with Gasteiger partial charge in [-0.2, -0.15) is 0 Å². The number of para-hydroxylation sites is 4. The minimum Gasteiger partial charge on any atom is -0.457 e. The second kappa shape index (κ2) is 12.9. The second-order valence-corrected chi connectivity index (χ2v) is 10.1. The molecule has 0 aliphatic rings. The summed E-state index contributed by atoms with van der Waals surface area (Å²) in [6.45, 7) is 0. The van der Waals surface area contributed by atoms with E-state index in [1.54, 1.807) is 121 Å². The number of ether oxygens (including phenoxy) is 3. The number of rotatable bonds is 10. The Balaban J connectivity index is 1.09. The first-order chi connectivity index (χ1) is 21.9. The molecule has 0 spiro atoms. The molecule has 7 heteroatoms. The normalized spacial score (nSPS) is 10.6. The molecule has 0 atom stereocenters. The van der Waals surface area contributed by atoms with Gasteiger partial charge in [-0.25, -0.2) is 0 Å². The summed E-state index contributed by atoms with van der Waals surface area (Å²) >= 11 is 0. The van der Waals surface area contributed by atoms with Crippen molar-refractivity contribution in [2.24, 2.45) is 0 Å². The van der Waals surface area contributed by atoms with Gasteiger partial charge >= 0.3 is 0 Å². The van der Waals surface area contributed by atoms with Crippen LogP contribution in [0.25, 0.3) is 0 Å². The predicted molar refractivity (Wildman–Crippen MR) is 175 cm³/mol. The number of carbonyl (C=O) groups excluding carboxylic acids is 2. The fourth-order valence-electron chi connectivity index (χ4n) is 4.62. The van der Waals surface area contributed by atoms with Crippen molar-refractivity contribution in [1.82, 2.24) is 0 Å². The van der Waals surface area contributed by atoms with Crippen molar-refractivity contribution in [1.29, 1.82) is 0 Å². The molecule has 45 heavy (non-hydrogen) atoms. The standard InChI is InChI=1S/C38H28N2O5/c39-33-11-1-3-13-35(33)44-31-9-5-7-27(23-31)37(41)25-15-19-29(20-16-25)43-30-21-17-26(18-22-30)38(42)28-8-6-10-32(24-28)45-36-14-4-2-12-34(36)40/h1-24H,39-40H2. The zero-order valence-corrected chi connectivity index (χ0v) is 24.1. The lowest BCUT2D eigenvalue weighted by atomic mass is 10.0. The third kappa shape index (κ3) is 6.84. The number of nitrogen functional groups attached to an aromatic ring is 2. The van der Waals surface area contributed by atoms with E-state index in [4.69, 9.17) is 25.7 Å². The largest absolute Gasteiger partial charge is 0.457 e. The highest BCUT2D eigenvalue weighted by Crippen LogP contribution is 2.30. The maximum Gasteiger partial charge on any atom is 0.193 e. The van der Waals surface area contributed by atoms with Crippen LogP contribution in [0.5, 0.6) is 34.5 Å². The number of ketones is 2. The molecule has 7 nitrogen and oxygen atoms in total. The van der Waals surface area contributed by atoms with Crippen LogP contribution in [-0.2, 0) is 0 Å². The number of hydrogen-bond acceptors (Lipinski definition) is 7. The summed E-state index contributed by atoms with van der Waals surface area (Å²) in [7, 11) is 0. The molecule has 0 radical (unpaired) electrons. The van der Waals surface area contributed by atoms with E-state index in [0.717, 1.165) is 0 Å². The third-order valence-electron chi connectivity index (χ3n) is 6.95. The Labute approximate surface area is 260 Å². The van der Waals surface area contributed by atoms with Crippen LogP contribution in [0.3, 0.4) is 0 Å². The van der Waals surface area contributed by atoms with Gasteiger partial charge in [0.1, 0.15) is 34.5 Å². The molecule has 0 heterocycles. The number of hydrogen-bond donors (Lipinski definition) is 2. The van der Waals surface area contributed by atoms with E-state index in [2.05, 4.69) is 0 Å². The lowest BCUT2D eigenvalue weighted by Crippen LogP contribution is -2.02. The first-order valence-corrected chi connectivity index (χ1v) is 14.2. The Morgan fingerprint density at radius 1 is 0.378 bits per heavy atom. The van der Waals surface area contributed by atoms with Gasteiger partial charge in [0.05, 0.1) is 11.4 Å². The summed E-state index contributed by atoms with van der Waals surface area (Å²) < 4.78 is 17.7. The van der Waals surface area contributed by atoms with E-state index >= 15 is 0 Å². The van der Waals surface area contributed by atoms with Crippen molar-refractivity contribution in [3.63, 3.8) is 0 Å². The minimum atomic E-state index is -0.155. The SMILES string of the molecule is Nc1ccccc1Oc1cccc(C(=O)c2ccc(Oc3ccc(C(=O)c4cccc(Oc5ccccc5N)c4)cc3)cc2)c1. The van der Waals surface area contributed by atoms with Crippen molar-refractivity contribution in [3.8, 4) is 34.5 Å². The van der Waals surface area contributed by atoms with Gasteiger partial charge in [-0.1, -0.05) is 48.5 Å². The highest BCUT2D eigenvalue weighted by Gasteiger charge is 2.13. The van der Waals surface area contributed by atoms with Crippen LogP contribution in [0.4, 0.5) is 11.4 Å².